The maximum atomic E-state index is 13.3. The van der Waals surface area contributed by atoms with Gasteiger partial charge in [0.1, 0.15) is 13.2 Å². The second-order valence-corrected chi connectivity index (χ2v) is 9.54. The Morgan fingerprint density at radius 1 is 0.850 bits per heavy atom. The fraction of sp³-hybridized carbons (Fsp3) is 0.462. The molecule has 0 radical (unpaired) electrons. The fourth-order valence-electron chi connectivity index (χ4n) is 3.73. The Morgan fingerprint density at radius 2 is 1.35 bits per heavy atom. The topological polar surface area (TPSA) is 67.9 Å². The van der Waals surface area contributed by atoms with E-state index < -0.39 is 40.9 Å². The van der Waals surface area contributed by atoms with Crippen LogP contribution in [0.1, 0.15) is 50.1 Å². The number of halogens is 7. The van der Waals surface area contributed by atoms with Crippen LogP contribution in [-0.4, -0.2) is 56.2 Å². The minimum Gasteiger partial charge on any atom is -1.00 e. The molecule has 1 N–H and O–H groups in total. The molecule has 4 rings (SSSR count). The van der Waals surface area contributed by atoms with Gasteiger partial charge in [0.15, 0.2) is 34.9 Å². The first kappa shape index (κ1) is 36.4. The smallest absolute Gasteiger partial charge is 1.00 e. The van der Waals surface area contributed by atoms with Gasteiger partial charge in [-0.3, -0.25) is 9.59 Å². The number of nitrogens with one attached hydrogen (secondary N) is 1. The zero-order valence-corrected chi connectivity index (χ0v) is 25.9. The molecule has 6 nitrogen and oxygen atoms in total. The minimum absolute atomic E-state index is 0. The van der Waals surface area contributed by atoms with E-state index in [1.165, 1.54) is 4.90 Å². The quantitative estimate of drug-likeness (QED) is 0.234. The van der Waals surface area contributed by atoms with Crippen molar-refractivity contribution in [2.24, 2.45) is 0 Å². The van der Waals surface area contributed by atoms with Crippen LogP contribution in [0.5, 0.6) is 0 Å². The maximum Gasteiger partial charge on any atom is 1.00 e. The summed E-state index contributed by atoms with van der Waals surface area (Å²) in [6, 6.07) is 3.41. The third-order valence-corrected chi connectivity index (χ3v) is 6.88. The van der Waals surface area contributed by atoms with E-state index in [0.29, 0.717) is 44.7 Å². The third kappa shape index (κ3) is 10.6. The number of amides is 2. The number of carbonyl (C=O) groups excluding carboxylic acids is 2. The maximum absolute atomic E-state index is 13.3. The molecule has 2 fully saturated rings. The molecule has 2 atom stereocenters. The molecular formula is C26H30BrF6N2NaO4. The van der Waals surface area contributed by atoms with Gasteiger partial charge in [-0.05, 0) is 48.2 Å². The summed E-state index contributed by atoms with van der Waals surface area (Å²) < 4.78 is 87.2. The number of hydrogen-bond donors (Lipinski definition) is 1. The van der Waals surface area contributed by atoms with Crippen LogP contribution >= 0.6 is 15.9 Å². The Bertz CT molecular complexity index is 1100. The fourth-order valence-corrected chi connectivity index (χ4v) is 4.00. The third-order valence-electron chi connectivity index (χ3n) is 5.70. The van der Waals surface area contributed by atoms with E-state index in [1.807, 2.05) is 6.92 Å². The van der Waals surface area contributed by atoms with Gasteiger partial charge in [0, 0.05) is 17.9 Å². The first-order chi connectivity index (χ1) is 18.5. The molecule has 0 aromatic heterocycles. The molecule has 2 heterocycles. The summed E-state index contributed by atoms with van der Waals surface area (Å²) in [5.41, 5.74) is 0.674. The molecule has 0 spiro atoms. The Labute approximate surface area is 260 Å². The molecule has 0 aliphatic carbocycles. The standard InChI is InChI=1S/C13H14F3NO2.C9H8BrF3.C4H7NO2.Na.H/c1-2-11(17-3-4-19-7-12(17)18)8-5-9(14)13(16)10(15)6-8;1-2-6(10)5-3-7(11)9(13)8(12)4-5;6-4-3-7-2-1-5-4;;/h5-6,11H,2-4,7H2,1H3;3-4,6H,2H2,1H3;1-3H2,(H,5,6);;/q;;;+1;-1. The molecule has 2 amide bonds. The Kier molecular flexibility index (Phi) is 16.4. The second-order valence-electron chi connectivity index (χ2n) is 8.44. The van der Waals surface area contributed by atoms with Crippen LogP contribution in [-0.2, 0) is 19.1 Å². The summed E-state index contributed by atoms with van der Waals surface area (Å²) >= 11 is 3.22. The molecule has 14 heteroatoms. The average Bonchev–Trinajstić information content (AvgIpc) is 2.92. The van der Waals surface area contributed by atoms with Crippen LogP contribution in [0.4, 0.5) is 26.3 Å². The average molecular weight is 651 g/mol. The largest absolute Gasteiger partial charge is 1.00 e. The molecule has 2 aliphatic heterocycles. The molecule has 2 aromatic carbocycles. The van der Waals surface area contributed by atoms with Crippen molar-refractivity contribution in [1.82, 2.24) is 10.2 Å². The van der Waals surface area contributed by atoms with E-state index >= 15 is 0 Å². The number of hydrogen-bond acceptors (Lipinski definition) is 4. The number of ether oxygens (including phenoxy) is 2. The van der Waals surface area contributed by atoms with Crippen molar-refractivity contribution in [2.45, 2.75) is 37.6 Å². The van der Waals surface area contributed by atoms with Gasteiger partial charge >= 0.3 is 29.6 Å². The van der Waals surface area contributed by atoms with Crippen LogP contribution in [0.3, 0.4) is 0 Å². The van der Waals surface area contributed by atoms with E-state index in [1.54, 1.807) is 6.92 Å². The summed E-state index contributed by atoms with van der Waals surface area (Å²) in [7, 11) is 0. The predicted octanol–water partition coefficient (Wildman–Crippen LogP) is 2.61. The summed E-state index contributed by atoms with van der Waals surface area (Å²) in [6.07, 6.45) is 1.17. The summed E-state index contributed by atoms with van der Waals surface area (Å²) in [6.45, 7) is 5.92. The molecule has 40 heavy (non-hydrogen) atoms. The number of carbonyl (C=O) groups is 2. The number of nitrogens with zero attached hydrogens (tertiary/aromatic N) is 1. The van der Waals surface area contributed by atoms with Crippen molar-refractivity contribution in [3.63, 3.8) is 0 Å². The van der Waals surface area contributed by atoms with Crippen LogP contribution in [0.2, 0.25) is 0 Å². The Morgan fingerprint density at radius 3 is 1.73 bits per heavy atom. The summed E-state index contributed by atoms with van der Waals surface area (Å²) in [5.74, 6) is -7.93. The monoisotopic (exact) mass is 650 g/mol. The van der Waals surface area contributed by atoms with Gasteiger partial charge in [-0.2, -0.15) is 0 Å². The molecule has 218 valence electrons. The van der Waals surface area contributed by atoms with Crippen molar-refractivity contribution in [3.05, 3.63) is 70.3 Å². The van der Waals surface area contributed by atoms with Gasteiger partial charge in [-0.1, -0.05) is 29.8 Å². The Hall–Kier alpha value is -1.64. The van der Waals surface area contributed by atoms with Crippen molar-refractivity contribution in [1.29, 1.82) is 0 Å². The summed E-state index contributed by atoms with van der Waals surface area (Å²) in [5, 5.41) is 2.62. The van der Waals surface area contributed by atoms with Gasteiger partial charge in [-0.25, -0.2) is 26.3 Å². The number of morpholine rings is 2. The molecule has 0 saturated carbocycles. The van der Waals surface area contributed by atoms with Gasteiger partial charge in [0.2, 0.25) is 11.8 Å². The SMILES string of the molecule is CCC(Br)c1cc(F)c(F)c(F)c1.CCC(c1cc(F)c(F)c(F)c1)N1CCOCC1=O.O=C1COCCN1.[H-].[Na+]. The Balaban J connectivity index is 0.000000632. The van der Waals surface area contributed by atoms with Crippen LogP contribution in [0, 0.1) is 34.9 Å². The molecule has 2 unspecified atom stereocenters. The molecular weight excluding hydrogens is 621 g/mol. The van der Waals surface area contributed by atoms with Crippen LogP contribution in [0.25, 0.3) is 0 Å². The second kappa shape index (κ2) is 18.0. The molecule has 0 bridgehead atoms. The van der Waals surface area contributed by atoms with Gasteiger partial charge in [-0.15, -0.1) is 0 Å². The van der Waals surface area contributed by atoms with E-state index in [2.05, 4.69) is 21.2 Å². The molecule has 2 saturated heterocycles. The van der Waals surface area contributed by atoms with Crippen LogP contribution < -0.4 is 34.9 Å². The molecule has 2 aliphatic rings. The number of alkyl halides is 1. The van der Waals surface area contributed by atoms with E-state index in [4.69, 9.17) is 9.47 Å². The zero-order valence-electron chi connectivity index (χ0n) is 23.3. The molecule has 2 aromatic rings. The van der Waals surface area contributed by atoms with Crippen molar-refractivity contribution >= 4 is 27.7 Å². The minimum atomic E-state index is -1.49. The predicted molar refractivity (Wildman–Crippen MR) is 135 cm³/mol. The van der Waals surface area contributed by atoms with E-state index in [0.717, 1.165) is 24.3 Å². The first-order valence-electron chi connectivity index (χ1n) is 12.1. The zero-order chi connectivity index (χ0) is 29.1. The van der Waals surface area contributed by atoms with Crippen LogP contribution in [0.15, 0.2) is 24.3 Å². The first-order valence-corrected chi connectivity index (χ1v) is 13.1. The van der Waals surface area contributed by atoms with Gasteiger partial charge in [0.05, 0.1) is 19.3 Å². The number of benzene rings is 2. The number of rotatable bonds is 5. The van der Waals surface area contributed by atoms with E-state index in [9.17, 15) is 35.9 Å². The van der Waals surface area contributed by atoms with Gasteiger partial charge in [0.25, 0.3) is 0 Å². The summed E-state index contributed by atoms with van der Waals surface area (Å²) in [4.78, 5) is 23.3. The van der Waals surface area contributed by atoms with E-state index in [-0.39, 0.29) is 66.4 Å². The normalized spacial score (nSPS) is 16.4. The van der Waals surface area contributed by atoms with Crippen molar-refractivity contribution in [3.8, 4) is 0 Å². The van der Waals surface area contributed by atoms with Crippen molar-refractivity contribution in [2.75, 3.05) is 39.5 Å². The van der Waals surface area contributed by atoms with Crippen molar-refractivity contribution < 1.29 is 76.4 Å². The van der Waals surface area contributed by atoms with Gasteiger partial charge < -0.3 is 21.1 Å².